The fraction of sp³-hybridized carbons (Fsp3) is 0.308. The Morgan fingerprint density at radius 2 is 2.29 bits per heavy atom. The van der Waals surface area contributed by atoms with Gasteiger partial charge in [-0.2, -0.15) is 5.10 Å². The lowest BCUT2D eigenvalue weighted by atomic mass is 10.0. The highest BCUT2D eigenvalue weighted by Gasteiger charge is 2.10. The van der Waals surface area contributed by atoms with E-state index in [0.29, 0.717) is 5.75 Å². The third kappa shape index (κ3) is 2.85. The molecule has 0 radical (unpaired) electrons. The molecule has 1 heterocycles. The maximum absolute atomic E-state index is 9.80. The van der Waals surface area contributed by atoms with Gasteiger partial charge in [0.25, 0.3) is 0 Å². The zero-order chi connectivity index (χ0) is 12.3. The van der Waals surface area contributed by atoms with E-state index in [1.807, 2.05) is 32.2 Å². The molecule has 0 aliphatic carbocycles. The second-order valence-electron chi connectivity index (χ2n) is 4.27. The number of benzene rings is 1. The van der Waals surface area contributed by atoms with E-state index < -0.39 is 0 Å². The zero-order valence-corrected chi connectivity index (χ0v) is 10.1. The summed E-state index contributed by atoms with van der Waals surface area (Å²) in [5.74, 6) is 0.336. The van der Waals surface area contributed by atoms with Crippen LogP contribution in [-0.4, -0.2) is 15.3 Å². The lowest BCUT2D eigenvalue weighted by molar-refractivity contribution is 0.452. The van der Waals surface area contributed by atoms with Crippen molar-refractivity contribution in [2.75, 3.05) is 0 Å². The van der Waals surface area contributed by atoms with Crippen molar-refractivity contribution in [1.82, 2.24) is 15.5 Å². The number of nitrogens with one attached hydrogen (secondary N) is 2. The fourth-order valence-electron chi connectivity index (χ4n) is 1.78. The van der Waals surface area contributed by atoms with E-state index in [-0.39, 0.29) is 6.04 Å². The van der Waals surface area contributed by atoms with Crippen molar-refractivity contribution in [2.45, 2.75) is 26.4 Å². The van der Waals surface area contributed by atoms with Gasteiger partial charge < -0.3 is 10.4 Å². The number of aryl methyl sites for hydroxylation is 1. The standard InChI is InChI=1S/C13H17N3O/c1-9-3-4-13(17)12(5-9)10(2)14-6-11-7-15-16-8-11/h3-5,7-8,10,14,17H,6H2,1-2H3,(H,15,16). The molecule has 3 N–H and O–H groups in total. The SMILES string of the molecule is Cc1ccc(O)c(C(C)NCc2cn[nH]c2)c1. The van der Waals surface area contributed by atoms with Crippen molar-refractivity contribution in [3.63, 3.8) is 0 Å². The molecular formula is C13H17N3O. The van der Waals surface area contributed by atoms with E-state index in [1.165, 1.54) is 0 Å². The molecule has 17 heavy (non-hydrogen) atoms. The molecule has 1 unspecified atom stereocenters. The van der Waals surface area contributed by atoms with Gasteiger partial charge >= 0.3 is 0 Å². The first-order chi connectivity index (χ1) is 8.16. The predicted molar refractivity (Wildman–Crippen MR) is 66.7 cm³/mol. The Labute approximate surface area is 101 Å². The molecule has 4 nitrogen and oxygen atoms in total. The summed E-state index contributed by atoms with van der Waals surface area (Å²) in [5, 5.41) is 19.8. The summed E-state index contributed by atoms with van der Waals surface area (Å²) in [7, 11) is 0. The predicted octanol–water partition coefficient (Wildman–Crippen LogP) is 2.27. The maximum Gasteiger partial charge on any atom is 0.120 e. The molecule has 0 aliphatic heterocycles. The number of nitrogens with zero attached hydrogens (tertiary/aromatic N) is 1. The van der Waals surface area contributed by atoms with E-state index >= 15 is 0 Å². The van der Waals surface area contributed by atoms with E-state index in [4.69, 9.17) is 0 Å². The highest BCUT2D eigenvalue weighted by Crippen LogP contribution is 2.25. The summed E-state index contributed by atoms with van der Waals surface area (Å²) in [6.45, 7) is 4.78. The van der Waals surface area contributed by atoms with Gasteiger partial charge in [0.1, 0.15) is 5.75 Å². The average molecular weight is 231 g/mol. The summed E-state index contributed by atoms with van der Waals surface area (Å²) in [6.07, 6.45) is 3.64. The largest absolute Gasteiger partial charge is 0.508 e. The van der Waals surface area contributed by atoms with Gasteiger partial charge in [0.2, 0.25) is 0 Å². The number of aromatic hydroxyl groups is 1. The Morgan fingerprint density at radius 1 is 1.47 bits per heavy atom. The summed E-state index contributed by atoms with van der Waals surface area (Å²) in [4.78, 5) is 0. The van der Waals surface area contributed by atoms with Crippen LogP contribution < -0.4 is 5.32 Å². The third-order valence-corrected chi connectivity index (χ3v) is 2.82. The Bertz CT molecular complexity index is 479. The van der Waals surface area contributed by atoms with Gasteiger partial charge in [-0.05, 0) is 19.9 Å². The van der Waals surface area contributed by atoms with Crippen LogP contribution in [-0.2, 0) is 6.54 Å². The Balaban J connectivity index is 2.04. The number of aromatic nitrogens is 2. The minimum absolute atomic E-state index is 0.102. The molecule has 90 valence electrons. The molecule has 1 aromatic carbocycles. The summed E-state index contributed by atoms with van der Waals surface area (Å²) < 4.78 is 0. The number of rotatable bonds is 4. The van der Waals surface area contributed by atoms with Gasteiger partial charge in [0.15, 0.2) is 0 Å². The molecule has 2 rings (SSSR count). The summed E-state index contributed by atoms with van der Waals surface area (Å²) in [5.41, 5.74) is 3.17. The Morgan fingerprint density at radius 3 is 3.00 bits per heavy atom. The van der Waals surface area contributed by atoms with E-state index in [9.17, 15) is 5.11 Å². The average Bonchev–Trinajstić information content (AvgIpc) is 2.82. The van der Waals surface area contributed by atoms with Gasteiger partial charge in [-0.25, -0.2) is 0 Å². The van der Waals surface area contributed by atoms with Crippen molar-refractivity contribution >= 4 is 0 Å². The molecule has 2 aromatic rings. The van der Waals surface area contributed by atoms with Gasteiger partial charge in [-0.1, -0.05) is 17.7 Å². The van der Waals surface area contributed by atoms with Gasteiger partial charge in [0, 0.05) is 29.9 Å². The quantitative estimate of drug-likeness (QED) is 0.756. The molecule has 0 fully saturated rings. The molecule has 0 spiro atoms. The summed E-state index contributed by atoms with van der Waals surface area (Å²) >= 11 is 0. The topological polar surface area (TPSA) is 60.9 Å². The second-order valence-corrected chi connectivity index (χ2v) is 4.27. The second kappa shape index (κ2) is 5.01. The van der Waals surface area contributed by atoms with Crippen LogP contribution in [0.5, 0.6) is 5.75 Å². The molecule has 1 aromatic heterocycles. The van der Waals surface area contributed by atoms with Crippen LogP contribution in [0, 0.1) is 6.92 Å². The van der Waals surface area contributed by atoms with E-state index in [0.717, 1.165) is 23.2 Å². The highest BCUT2D eigenvalue weighted by atomic mass is 16.3. The maximum atomic E-state index is 9.80. The minimum atomic E-state index is 0.102. The normalized spacial score (nSPS) is 12.6. The number of hydrogen-bond donors (Lipinski definition) is 3. The fourth-order valence-corrected chi connectivity index (χ4v) is 1.78. The monoisotopic (exact) mass is 231 g/mol. The Kier molecular flexibility index (Phi) is 3.44. The minimum Gasteiger partial charge on any atom is -0.508 e. The lowest BCUT2D eigenvalue weighted by Gasteiger charge is -2.15. The van der Waals surface area contributed by atoms with Crippen molar-refractivity contribution in [3.05, 3.63) is 47.3 Å². The molecule has 0 saturated heterocycles. The van der Waals surface area contributed by atoms with Gasteiger partial charge in [-0.3, -0.25) is 5.10 Å². The molecular weight excluding hydrogens is 214 g/mol. The zero-order valence-electron chi connectivity index (χ0n) is 10.1. The molecule has 0 amide bonds. The van der Waals surface area contributed by atoms with Crippen LogP contribution in [0.3, 0.4) is 0 Å². The molecule has 0 bridgehead atoms. The van der Waals surface area contributed by atoms with Gasteiger partial charge in [0.05, 0.1) is 6.20 Å². The third-order valence-electron chi connectivity index (χ3n) is 2.82. The van der Waals surface area contributed by atoms with Crippen molar-refractivity contribution in [3.8, 4) is 5.75 Å². The molecule has 0 aliphatic rings. The first-order valence-corrected chi connectivity index (χ1v) is 5.67. The number of hydrogen-bond acceptors (Lipinski definition) is 3. The van der Waals surface area contributed by atoms with Crippen molar-refractivity contribution in [1.29, 1.82) is 0 Å². The van der Waals surface area contributed by atoms with Crippen LogP contribution >= 0.6 is 0 Å². The van der Waals surface area contributed by atoms with Crippen LogP contribution in [0.15, 0.2) is 30.6 Å². The Hall–Kier alpha value is -1.81. The molecule has 4 heteroatoms. The number of aromatic amines is 1. The smallest absolute Gasteiger partial charge is 0.120 e. The van der Waals surface area contributed by atoms with Crippen LogP contribution in [0.1, 0.15) is 29.7 Å². The first-order valence-electron chi connectivity index (χ1n) is 5.67. The van der Waals surface area contributed by atoms with Gasteiger partial charge in [-0.15, -0.1) is 0 Å². The number of H-pyrrole nitrogens is 1. The summed E-state index contributed by atoms with van der Waals surface area (Å²) in [6, 6.07) is 5.75. The lowest BCUT2D eigenvalue weighted by Crippen LogP contribution is -2.18. The van der Waals surface area contributed by atoms with E-state index in [2.05, 4.69) is 15.5 Å². The highest BCUT2D eigenvalue weighted by molar-refractivity contribution is 5.37. The van der Waals surface area contributed by atoms with Crippen LogP contribution in [0.2, 0.25) is 0 Å². The van der Waals surface area contributed by atoms with Crippen LogP contribution in [0.25, 0.3) is 0 Å². The first kappa shape index (κ1) is 11.7. The van der Waals surface area contributed by atoms with Crippen molar-refractivity contribution < 1.29 is 5.11 Å². The number of phenolic OH excluding ortho intramolecular Hbond substituents is 1. The van der Waals surface area contributed by atoms with Crippen LogP contribution in [0.4, 0.5) is 0 Å². The molecule has 0 saturated carbocycles. The number of phenols is 1. The van der Waals surface area contributed by atoms with E-state index in [1.54, 1.807) is 12.3 Å². The molecule has 1 atom stereocenters. The van der Waals surface area contributed by atoms with Crippen molar-refractivity contribution in [2.24, 2.45) is 0 Å².